The zero-order valence-electron chi connectivity index (χ0n) is 7.24. The van der Waals surface area contributed by atoms with Crippen LogP contribution in [0.2, 0.25) is 0 Å². The predicted octanol–water partition coefficient (Wildman–Crippen LogP) is -1.04. The van der Waals surface area contributed by atoms with Crippen molar-refractivity contribution in [2.75, 3.05) is 0 Å². The van der Waals surface area contributed by atoms with E-state index in [0.717, 1.165) is 4.57 Å². The zero-order chi connectivity index (χ0) is 9.59. The van der Waals surface area contributed by atoms with E-state index in [9.17, 15) is 9.59 Å². The molecule has 13 heavy (non-hydrogen) atoms. The minimum atomic E-state index is -0.371. The highest BCUT2D eigenvalue weighted by Crippen LogP contribution is 1.97. The van der Waals surface area contributed by atoms with E-state index in [0.29, 0.717) is 11.2 Å². The van der Waals surface area contributed by atoms with Crippen molar-refractivity contribution in [2.24, 2.45) is 14.1 Å². The first-order valence-corrected chi connectivity index (χ1v) is 3.72. The number of imidazole rings is 1. The summed E-state index contributed by atoms with van der Waals surface area (Å²) in [6, 6.07) is 0. The fraction of sp³-hybridized carbons (Fsp3) is 0.286. The van der Waals surface area contributed by atoms with E-state index in [4.69, 9.17) is 0 Å². The Labute approximate surface area is 72.5 Å². The number of H-pyrrole nitrogens is 1. The van der Waals surface area contributed by atoms with Crippen molar-refractivity contribution in [3.63, 3.8) is 0 Å². The summed E-state index contributed by atoms with van der Waals surface area (Å²) in [6.07, 6.45) is 1.39. The third kappa shape index (κ3) is 0.851. The summed E-state index contributed by atoms with van der Waals surface area (Å²) in [5.74, 6) is 0. The van der Waals surface area contributed by atoms with Crippen LogP contribution < -0.4 is 11.2 Å². The van der Waals surface area contributed by atoms with Crippen LogP contribution in [0.4, 0.5) is 0 Å². The van der Waals surface area contributed by atoms with Crippen molar-refractivity contribution in [2.45, 2.75) is 0 Å². The van der Waals surface area contributed by atoms with Crippen molar-refractivity contribution >= 4 is 11.2 Å². The minimum Gasteiger partial charge on any atom is -0.339 e. The first-order valence-electron chi connectivity index (χ1n) is 3.72. The standard InChI is InChI=1S/C7H8N4O2/c1-10-5-4(8-3-9-5)6(12)11(2)7(10)13/h3H,1-2H3,(H,8,9)/i1+1,2+1. The molecule has 0 aliphatic heterocycles. The van der Waals surface area contributed by atoms with Crippen molar-refractivity contribution < 1.29 is 0 Å². The fourth-order valence-electron chi connectivity index (χ4n) is 1.27. The Balaban J connectivity index is 3.21. The molecule has 6 nitrogen and oxygen atoms in total. The second kappa shape index (κ2) is 2.32. The number of hydrogen-bond donors (Lipinski definition) is 1. The van der Waals surface area contributed by atoms with Gasteiger partial charge in [0.05, 0.1) is 6.33 Å². The van der Waals surface area contributed by atoms with Gasteiger partial charge in [-0.15, -0.1) is 0 Å². The summed E-state index contributed by atoms with van der Waals surface area (Å²) in [6.45, 7) is 0. The molecule has 6 heteroatoms. The maximum absolute atomic E-state index is 11.4. The number of nitrogens with one attached hydrogen (secondary N) is 1. The lowest BCUT2D eigenvalue weighted by atomic mass is 10.5. The van der Waals surface area contributed by atoms with Gasteiger partial charge >= 0.3 is 5.69 Å². The highest BCUT2D eigenvalue weighted by molar-refractivity contribution is 5.68. The number of aromatic amines is 1. The molecule has 0 aliphatic carbocycles. The van der Waals surface area contributed by atoms with Gasteiger partial charge in [-0.1, -0.05) is 0 Å². The number of aryl methyl sites for hydroxylation is 1. The van der Waals surface area contributed by atoms with Crippen LogP contribution in [0.25, 0.3) is 11.2 Å². The van der Waals surface area contributed by atoms with E-state index >= 15 is 0 Å². The minimum absolute atomic E-state index is 0.351. The van der Waals surface area contributed by atoms with Gasteiger partial charge in [-0.2, -0.15) is 0 Å². The molecular weight excluding hydrogens is 174 g/mol. The summed E-state index contributed by atoms with van der Waals surface area (Å²) < 4.78 is 2.37. The molecule has 0 aromatic carbocycles. The molecule has 0 atom stereocenters. The third-order valence-corrected chi connectivity index (χ3v) is 2.03. The Hall–Kier alpha value is -1.85. The fourth-order valence-corrected chi connectivity index (χ4v) is 1.27. The van der Waals surface area contributed by atoms with Gasteiger partial charge in [0, 0.05) is 14.1 Å². The van der Waals surface area contributed by atoms with Crippen molar-refractivity contribution in [3.8, 4) is 0 Å². The average molecular weight is 182 g/mol. The van der Waals surface area contributed by atoms with E-state index < -0.39 is 0 Å². The number of aromatic nitrogens is 4. The first-order chi connectivity index (χ1) is 6.13. The van der Waals surface area contributed by atoms with E-state index in [-0.39, 0.29) is 11.2 Å². The van der Waals surface area contributed by atoms with E-state index in [1.165, 1.54) is 17.9 Å². The molecule has 0 saturated carbocycles. The molecule has 2 rings (SSSR count). The maximum atomic E-state index is 11.4. The largest absolute Gasteiger partial charge is 0.339 e. The lowest BCUT2D eigenvalue weighted by molar-refractivity contribution is 0.709. The van der Waals surface area contributed by atoms with Crippen LogP contribution in [0.3, 0.4) is 0 Å². The van der Waals surface area contributed by atoms with E-state index in [1.54, 1.807) is 7.05 Å². The summed E-state index contributed by atoms with van der Waals surface area (Å²) in [7, 11) is 3.01. The molecule has 2 aromatic rings. The SMILES string of the molecule is [13CH3]n1c(=O)c2[nH]cnc2n([13CH3])c1=O. The average Bonchev–Trinajstić information content (AvgIpc) is 2.59. The summed E-state index contributed by atoms with van der Waals surface area (Å²) in [5, 5.41) is 0. The molecule has 0 aliphatic rings. The molecule has 0 fully saturated rings. The van der Waals surface area contributed by atoms with Gasteiger partial charge < -0.3 is 4.98 Å². The smallest absolute Gasteiger partial charge is 0.332 e. The topological polar surface area (TPSA) is 72.7 Å². The van der Waals surface area contributed by atoms with Gasteiger partial charge in [-0.05, 0) is 0 Å². The van der Waals surface area contributed by atoms with Crippen LogP contribution in [-0.4, -0.2) is 19.1 Å². The molecule has 68 valence electrons. The molecule has 0 spiro atoms. The third-order valence-electron chi connectivity index (χ3n) is 2.03. The van der Waals surface area contributed by atoms with Gasteiger partial charge in [0.2, 0.25) is 0 Å². The first kappa shape index (κ1) is 7.78. The molecule has 2 heterocycles. The van der Waals surface area contributed by atoms with Crippen LogP contribution in [0.1, 0.15) is 0 Å². The van der Waals surface area contributed by atoms with Gasteiger partial charge in [-0.3, -0.25) is 13.9 Å². The van der Waals surface area contributed by atoms with Crippen LogP contribution in [0, 0.1) is 0 Å². The predicted molar refractivity (Wildman–Crippen MR) is 46.6 cm³/mol. The second-order valence-electron chi connectivity index (χ2n) is 2.81. The normalized spacial score (nSPS) is 10.9. The van der Waals surface area contributed by atoms with Gasteiger partial charge in [-0.25, -0.2) is 9.78 Å². The maximum Gasteiger partial charge on any atom is 0.332 e. The Morgan fingerprint density at radius 3 is 2.69 bits per heavy atom. The molecule has 0 saturated heterocycles. The molecule has 0 unspecified atom stereocenters. The van der Waals surface area contributed by atoms with Crippen LogP contribution in [0.5, 0.6) is 0 Å². The molecule has 0 amide bonds. The van der Waals surface area contributed by atoms with E-state index in [1.807, 2.05) is 0 Å². The van der Waals surface area contributed by atoms with Crippen molar-refractivity contribution in [1.29, 1.82) is 0 Å². The lowest BCUT2D eigenvalue weighted by Gasteiger charge is -2.00. The van der Waals surface area contributed by atoms with Crippen LogP contribution >= 0.6 is 0 Å². The molecule has 0 radical (unpaired) electrons. The number of nitrogens with zero attached hydrogens (tertiary/aromatic N) is 3. The summed E-state index contributed by atoms with van der Waals surface area (Å²) in [4.78, 5) is 29.4. The Morgan fingerprint density at radius 1 is 1.31 bits per heavy atom. The molecule has 2 aromatic heterocycles. The summed E-state index contributed by atoms with van der Waals surface area (Å²) >= 11 is 0. The number of fused-ring (bicyclic) bond motifs is 1. The van der Waals surface area contributed by atoms with Gasteiger partial charge in [0.15, 0.2) is 5.65 Å². The van der Waals surface area contributed by atoms with Gasteiger partial charge in [0.25, 0.3) is 5.56 Å². The Kier molecular flexibility index (Phi) is 1.39. The zero-order valence-corrected chi connectivity index (χ0v) is 7.24. The Morgan fingerprint density at radius 2 is 2.00 bits per heavy atom. The van der Waals surface area contributed by atoms with Crippen LogP contribution in [-0.2, 0) is 14.1 Å². The quantitative estimate of drug-likeness (QED) is 0.529. The number of rotatable bonds is 0. The molecule has 1 N–H and O–H groups in total. The van der Waals surface area contributed by atoms with Gasteiger partial charge in [0.1, 0.15) is 5.52 Å². The Bertz CT molecular complexity index is 574. The molecule has 0 bridgehead atoms. The summed E-state index contributed by atoms with van der Waals surface area (Å²) in [5.41, 5.74) is 0.0119. The highest BCUT2D eigenvalue weighted by atomic mass is 16.2. The molecular formula is C7H8N4O2. The van der Waals surface area contributed by atoms with Crippen molar-refractivity contribution in [3.05, 3.63) is 27.2 Å². The number of hydrogen-bond acceptors (Lipinski definition) is 3. The van der Waals surface area contributed by atoms with Crippen molar-refractivity contribution in [1.82, 2.24) is 19.1 Å². The second-order valence-corrected chi connectivity index (χ2v) is 2.81. The lowest BCUT2D eigenvalue weighted by Crippen LogP contribution is -2.36. The highest BCUT2D eigenvalue weighted by Gasteiger charge is 2.08. The van der Waals surface area contributed by atoms with E-state index in [2.05, 4.69) is 9.97 Å². The van der Waals surface area contributed by atoms with Crippen LogP contribution in [0.15, 0.2) is 15.9 Å². The monoisotopic (exact) mass is 182 g/mol.